The fourth-order valence-corrected chi connectivity index (χ4v) is 2.12. The fraction of sp³-hybridized carbons (Fsp3) is 1.00. The molecule has 0 spiro atoms. The van der Waals surface area contributed by atoms with E-state index in [9.17, 15) is 8.78 Å². The minimum Gasteiger partial charge on any atom is -0.207 e. The van der Waals surface area contributed by atoms with Gasteiger partial charge in [-0.15, -0.1) is 0 Å². The number of halogens is 2. The van der Waals surface area contributed by atoms with Crippen LogP contribution in [-0.2, 0) is 0 Å². The first-order valence-electron chi connectivity index (χ1n) is 5.10. The number of hydrogen-bond acceptors (Lipinski definition) is 0. The highest BCUT2D eigenvalue weighted by Gasteiger charge is 2.43. The Hall–Kier alpha value is -0.140. The Bertz CT molecular complexity index is 179. The van der Waals surface area contributed by atoms with Crippen LogP contribution in [0.2, 0.25) is 0 Å². The van der Waals surface area contributed by atoms with Crippen molar-refractivity contribution in [2.45, 2.75) is 52.9 Å². The number of rotatable bonds is 1. The average molecular weight is 190 g/mol. The molecule has 78 valence electrons. The summed E-state index contributed by atoms with van der Waals surface area (Å²) in [4.78, 5) is 0. The zero-order valence-corrected chi connectivity index (χ0v) is 9.03. The second-order valence-electron chi connectivity index (χ2n) is 5.51. The van der Waals surface area contributed by atoms with Crippen LogP contribution in [0.3, 0.4) is 0 Å². The van der Waals surface area contributed by atoms with E-state index in [2.05, 4.69) is 27.7 Å². The summed E-state index contributed by atoms with van der Waals surface area (Å²) < 4.78 is 25.9. The summed E-state index contributed by atoms with van der Waals surface area (Å²) in [5.41, 5.74) is 0.158. The molecule has 0 aromatic carbocycles. The molecular weight excluding hydrogens is 170 g/mol. The molecule has 0 N–H and O–H groups in total. The standard InChI is InChI=1S/C11H20F2/c1-8(10(2,3)4)9-5-6-11(12,13)7-9/h8-9H,5-7H2,1-4H3. The highest BCUT2D eigenvalue weighted by Crippen LogP contribution is 2.46. The van der Waals surface area contributed by atoms with Gasteiger partial charge in [0.2, 0.25) is 5.92 Å². The van der Waals surface area contributed by atoms with Crippen LogP contribution < -0.4 is 0 Å². The lowest BCUT2D eigenvalue weighted by Crippen LogP contribution is -2.25. The van der Waals surface area contributed by atoms with Gasteiger partial charge in [-0.1, -0.05) is 27.7 Å². The molecule has 1 rings (SSSR count). The molecule has 0 aliphatic heterocycles. The molecule has 0 radical (unpaired) electrons. The van der Waals surface area contributed by atoms with E-state index in [4.69, 9.17) is 0 Å². The minimum atomic E-state index is -2.38. The lowest BCUT2D eigenvalue weighted by molar-refractivity contribution is -0.000909. The molecule has 0 heterocycles. The average Bonchev–Trinajstić information content (AvgIpc) is 2.26. The molecule has 1 aliphatic carbocycles. The molecule has 2 unspecified atom stereocenters. The van der Waals surface area contributed by atoms with Gasteiger partial charge < -0.3 is 0 Å². The maximum Gasteiger partial charge on any atom is 0.248 e. The van der Waals surface area contributed by atoms with Gasteiger partial charge in [-0.05, 0) is 23.7 Å². The SMILES string of the molecule is CC(C1CCC(F)(F)C1)C(C)(C)C. The summed E-state index contributed by atoms with van der Waals surface area (Å²) in [5, 5.41) is 0. The fourth-order valence-electron chi connectivity index (χ4n) is 2.12. The Labute approximate surface area is 79.7 Å². The number of hydrogen-bond donors (Lipinski definition) is 0. The van der Waals surface area contributed by atoms with Gasteiger partial charge in [0.25, 0.3) is 0 Å². The Morgan fingerprint density at radius 3 is 2.15 bits per heavy atom. The predicted molar refractivity (Wildman–Crippen MR) is 50.9 cm³/mol. The highest BCUT2D eigenvalue weighted by atomic mass is 19.3. The van der Waals surface area contributed by atoms with E-state index in [1.807, 2.05) is 0 Å². The van der Waals surface area contributed by atoms with E-state index in [-0.39, 0.29) is 24.2 Å². The maximum atomic E-state index is 12.9. The van der Waals surface area contributed by atoms with Crippen molar-refractivity contribution in [1.82, 2.24) is 0 Å². The van der Waals surface area contributed by atoms with Crippen LogP contribution in [0, 0.1) is 17.3 Å². The van der Waals surface area contributed by atoms with Crippen LogP contribution in [0.15, 0.2) is 0 Å². The van der Waals surface area contributed by atoms with E-state index >= 15 is 0 Å². The van der Waals surface area contributed by atoms with Crippen molar-refractivity contribution in [3.63, 3.8) is 0 Å². The van der Waals surface area contributed by atoms with Crippen molar-refractivity contribution in [3.05, 3.63) is 0 Å². The zero-order chi connectivity index (χ0) is 10.3. The summed E-state index contributed by atoms with van der Waals surface area (Å²) >= 11 is 0. The van der Waals surface area contributed by atoms with Gasteiger partial charge in [-0.3, -0.25) is 0 Å². The van der Waals surface area contributed by atoms with Gasteiger partial charge in [0.15, 0.2) is 0 Å². The molecule has 2 atom stereocenters. The molecule has 13 heavy (non-hydrogen) atoms. The van der Waals surface area contributed by atoms with Crippen LogP contribution in [0.25, 0.3) is 0 Å². The molecule has 0 aromatic heterocycles. The van der Waals surface area contributed by atoms with Gasteiger partial charge in [-0.2, -0.15) is 0 Å². The predicted octanol–water partition coefficient (Wildman–Crippen LogP) is 4.10. The molecule has 0 saturated heterocycles. The van der Waals surface area contributed by atoms with Gasteiger partial charge in [-0.25, -0.2) is 8.78 Å². The Kier molecular flexibility index (Phi) is 2.70. The van der Waals surface area contributed by atoms with E-state index in [0.29, 0.717) is 12.3 Å². The molecular formula is C11H20F2. The third kappa shape index (κ3) is 2.65. The van der Waals surface area contributed by atoms with Gasteiger partial charge in [0.05, 0.1) is 0 Å². The topological polar surface area (TPSA) is 0 Å². The van der Waals surface area contributed by atoms with E-state index in [0.717, 1.165) is 0 Å². The summed E-state index contributed by atoms with van der Waals surface area (Å²) in [6.07, 6.45) is 0.898. The van der Waals surface area contributed by atoms with Crippen LogP contribution in [0.4, 0.5) is 8.78 Å². The summed E-state index contributed by atoms with van der Waals surface area (Å²) in [7, 11) is 0. The quantitative estimate of drug-likeness (QED) is 0.584. The monoisotopic (exact) mass is 190 g/mol. The smallest absolute Gasteiger partial charge is 0.207 e. The minimum absolute atomic E-state index is 0.0953. The largest absolute Gasteiger partial charge is 0.248 e. The van der Waals surface area contributed by atoms with Crippen LogP contribution in [0.5, 0.6) is 0 Å². The first-order chi connectivity index (χ1) is 5.72. The van der Waals surface area contributed by atoms with Crippen LogP contribution in [0.1, 0.15) is 47.0 Å². The summed E-state index contributed by atoms with van der Waals surface area (Å²) in [5.74, 6) is -1.78. The van der Waals surface area contributed by atoms with E-state index < -0.39 is 5.92 Å². The molecule has 1 aliphatic rings. The van der Waals surface area contributed by atoms with Gasteiger partial charge >= 0.3 is 0 Å². The van der Waals surface area contributed by atoms with Crippen LogP contribution in [-0.4, -0.2) is 5.92 Å². The molecule has 0 aromatic rings. The lowest BCUT2D eigenvalue weighted by atomic mass is 9.74. The highest BCUT2D eigenvalue weighted by molar-refractivity contribution is 4.87. The van der Waals surface area contributed by atoms with E-state index in [1.54, 1.807) is 0 Å². The van der Waals surface area contributed by atoms with Crippen molar-refractivity contribution in [2.75, 3.05) is 0 Å². The third-order valence-corrected chi connectivity index (χ3v) is 3.51. The van der Waals surface area contributed by atoms with Gasteiger partial charge in [0.1, 0.15) is 0 Å². The molecule has 1 saturated carbocycles. The molecule has 2 heteroatoms. The Morgan fingerprint density at radius 2 is 1.85 bits per heavy atom. The molecule has 0 bridgehead atoms. The molecule has 0 amide bonds. The van der Waals surface area contributed by atoms with Crippen molar-refractivity contribution in [2.24, 2.45) is 17.3 Å². The maximum absolute atomic E-state index is 12.9. The van der Waals surface area contributed by atoms with Gasteiger partial charge in [0, 0.05) is 12.8 Å². The third-order valence-electron chi connectivity index (χ3n) is 3.51. The van der Waals surface area contributed by atoms with Crippen molar-refractivity contribution < 1.29 is 8.78 Å². The van der Waals surface area contributed by atoms with E-state index in [1.165, 1.54) is 0 Å². The lowest BCUT2D eigenvalue weighted by Gasteiger charge is -2.32. The first-order valence-corrected chi connectivity index (χ1v) is 5.10. The zero-order valence-electron chi connectivity index (χ0n) is 9.03. The van der Waals surface area contributed by atoms with Crippen molar-refractivity contribution >= 4 is 0 Å². The second-order valence-corrected chi connectivity index (χ2v) is 5.51. The first kappa shape index (κ1) is 10.9. The van der Waals surface area contributed by atoms with Crippen LogP contribution >= 0.6 is 0 Å². The Balaban J connectivity index is 2.57. The molecule has 0 nitrogen and oxygen atoms in total. The Morgan fingerprint density at radius 1 is 1.31 bits per heavy atom. The summed E-state index contributed by atoms with van der Waals surface area (Å²) in [6, 6.07) is 0. The number of alkyl halides is 2. The summed E-state index contributed by atoms with van der Waals surface area (Å²) in [6.45, 7) is 8.50. The van der Waals surface area contributed by atoms with Crippen molar-refractivity contribution in [3.8, 4) is 0 Å². The normalized spacial score (nSPS) is 30.5. The molecule has 1 fully saturated rings. The van der Waals surface area contributed by atoms with Crippen molar-refractivity contribution in [1.29, 1.82) is 0 Å². The second kappa shape index (κ2) is 3.21.